The lowest BCUT2D eigenvalue weighted by atomic mass is 10.2. The summed E-state index contributed by atoms with van der Waals surface area (Å²) in [4.78, 5) is 0. The lowest BCUT2D eigenvalue weighted by Gasteiger charge is -2.12. The lowest BCUT2D eigenvalue weighted by Crippen LogP contribution is -2.15. The van der Waals surface area contributed by atoms with E-state index in [-0.39, 0.29) is 18.2 Å². The van der Waals surface area contributed by atoms with E-state index in [4.69, 9.17) is 9.47 Å². The number of hydrogen-bond acceptors (Lipinski definition) is 3. The predicted octanol–water partition coefficient (Wildman–Crippen LogP) is 4.09. The van der Waals surface area contributed by atoms with E-state index in [9.17, 15) is 4.39 Å². The first-order valence-electron chi connectivity index (χ1n) is 7.52. The Morgan fingerprint density at radius 1 is 1.04 bits per heavy atom. The molecule has 3 rings (SSSR count). The molecule has 3 nitrogen and oxygen atoms in total. The van der Waals surface area contributed by atoms with Crippen molar-refractivity contribution in [1.82, 2.24) is 5.32 Å². The van der Waals surface area contributed by atoms with E-state index < -0.39 is 0 Å². The predicted molar refractivity (Wildman–Crippen MR) is 90.8 cm³/mol. The van der Waals surface area contributed by atoms with Crippen LogP contribution in [-0.2, 0) is 13.2 Å². The molecule has 0 atom stereocenters. The van der Waals surface area contributed by atoms with Crippen LogP contribution in [0.25, 0.3) is 0 Å². The molecule has 0 spiro atoms. The van der Waals surface area contributed by atoms with Gasteiger partial charge in [-0.25, -0.2) is 4.39 Å². The molecule has 1 fully saturated rings. The molecule has 0 amide bonds. The summed E-state index contributed by atoms with van der Waals surface area (Å²) >= 11 is 0. The maximum Gasteiger partial charge on any atom is 0.161 e. The Hall–Kier alpha value is -1.78. The fourth-order valence-corrected chi connectivity index (χ4v) is 2.23. The van der Waals surface area contributed by atoms with Crippen molar-refractivity contribution >= 4 is 12.4 Å². The van der Waals surface area contributed by atoms with Gasteiger partial charge < -0.3 is 14.8 Å². The minimum atomic E-state index is -0.242. The molecular weight excluding hydrogens is 317 g/mol. The molecule has 0 unspecified atom stereocenters. The number of methoxy groups -OCH3 is 1. The van der Waals surface area contributed by atoms with Gasteiger partial charge in [0.25, 0.3) is 0 Å². The molecule has 1 N–H and O–H groups in total. The summed E-state index contributed by atoms with van der Waals surface area (Å²) in [5.74, 6) is 1.17. The Balaban J connectivity index is 0.00000192. The molecule has 2 aromatic rings. The first-order valence-corrected chi connectivity index (χ1v) is 7.52. The molecule has 1 saturated carbocycles. The van der Waals surface area contributed by atoms with Crippen LogP contribution in [0.3, 0.4) is 0 Å². The second-order valence-electron chi connectivity index (χ2n) is 5.56. The van der Waals surface area contributed by atoms with Crippen molar-refractivity contribution in [1.29, 1.82) is 0 Å². The van der Waals surface area contributed by atoms with Crippen LogP contribution in [0, 0.1) is 5.82 Å². The molecule has 0 heterocycles. The largest absolute Gasteiger partial charge is 0.493 e. The second-order valence-corrected chi connectivity index (χ2v) is 5.56. The Kier molecular flexibility index (Phi) is 6.25. The Bertz CT molecular complexity index is 629. The van der Waals surface area contributed by atoms with Crippen LogP contribution >= 0.6 is 12.4 Å². The fourth-order valence-electron chi connectivity index (χ4n) is 2.23. The Morgan fingerprint density at radius 2 is 1.74 bits per heavy atom. The standard InChI is InChI=1S/C18H20FNO2.ClH/c1-21-18-10-14(11-20-16-7-8-16)4-9-17(18)22-12-13-2-5-15(19)6-3-13;/h2-6,9-10,16,20H,7-8,11-12H2,1H3;1H. The summed E-state index contributed by atoms with van der Waals surface area (Å²) in [6, 6.07) is 12.9. The van der Waals surface area contributed by atoms with Gasteiger partial charge in [0.2, 0.25) is 0 Å². The quantitative estimate of drug-likeness (QED) is 0.825. The summed E-state index contributed by atoms with van der Waals surface area (Å²) in [6.45, 7) is 1.23. The van der Waals surface area contributed by atoms with Gasteiger partial charge in [-0.05, 0) is 48.2 Å². The van der Waals surface area contributed by atoms with Crippen molar-refractivity contribution in [2.75, 3.05) is 7.11 Å². The average Bonchev–Trinajstić information content (AvgIpc) is 3.37. The summed E-state index contributed by atoms with van der Waals surface area (Å²) in [6.07, 6.45) is 2.55. The van der Waals surface area contributed by atoms with E-state index in [0.29, 0.717) is 18.4 Å². The highest BCUT2D eigenvalue weighted by molar-refractivity contribution is 5.85. The van der Waals surface area contributed by atoms with Gasteiger partial charge >= 0.3 is 0 Å². The third-order valence-corrected chi connectivity index (χ3v) is 3.71. The van der Waals surface area contributed by atoms with Gasteiger partial charge in [-0.2, -0.15) is 0 Å². The minimum absolute atomic E-state index is 0. The maximum absolute atomic E-state index is 12.9. The fraction of sp³-hybridized carbons (Fsp3) is 0.333. The minimum Gasteiger partial charge on any atom is -0.493 e. The van der Waals surface area contributed by atoms with E-state index in [0.717, 1.165) is 17.9 Å². The number of rotatable bonds is 7. The van der Waals surface area contributed by atoms with Crippen LogP contribution in [0.2, 0.25) is 0 Å². The molecular formula is C18H21ClFNO2. The van der Waals surface area contributed by atoms with Crippen LogP contribution in [0.4, 0.5) is 4.39 Å². The van der Waals surface area contributed by atoms with Crippen LogP contribution in [0.1, 0.15) is 24.0 Å². The topological polar surface area (TPSA) is 30.5 Å². The number of ether oxygens (including phenoxy) is 2. The van der Waals surface area contributed by atoms with E-state index >= 15 is 0 Å². The Labute approximate surface area is 142 Å². The molecule has 1 aliphatic carbocycles. The highest BCUT2D eigenvalue weighted by Gasteiger charge is 2.20. The molecule has 1 aliphatic rings. The van der Waals surface area contributed by atoms with Gasteiger partial charge in [-0.15, -0.1) is 12.4 Å². The third-order valence-electron chi connectivity index (χ3n) is 3.71. The monoisotopic (exact) mass is 337 g/mol. The number of benzene rings is 2. The smallest absolute Gasteiger partial charge is 0.161 e. The van der Waals surface area contributed by atoms with Crippen molar-refractivity contribution in [3.05, 3.63) is 59.4 Å². The van der Waals surface area contributed by atoms with Crippen LogP contribution in [-0.4, -0.2) is 13.2 Å². The van der Waals surface area contributed by atoms with Crippen LogP contribution in [0.5, 0.6) is 11.5 Å². The average molecular weight is 338 g/mol. The molecule has 23 heavy (non-hydrogen) atoms. The molecule has 0 radical (unpaired) electrons. The number of hydrogen-bond donors (Lipinski definition) is 1. The van der Waals surface area contributed by atoms with E-state index in [1.54, 1.807) is 19.2 Å². The molecule has 0 aromatic heterocycles. The number of halogens is 2. The summed E-state index contributed by atoms with van der Waals surface area (Å²) in [5, 5.41) is 3.47. The van der Waals surface area contributed by atoms with Crippen LogP contribution in [0.15, 0.2) is 42.5 Å². The van der Waals surface area contributed by atoms with E-state index in [1.807, 2.05) is 18.2 Å². The van der Waals surface area contributed by atoms with Gasteiger partial charge in [0.15, 0.2) is 11.5 Å². The molecule has 2 aromatic carbocycles. The van der Waals surface area contributed by atoms with E-state index in [1.165, 1.54) is 30.5 Å². The first kappa shape index (κ1) is 17.6. The molecule has 124 valence electrons. The summed E-state index contributed by atoms with van der Waals surface area (Å²) < 4.78 is 24.1. The molecule has 0 aliphatic heterocycles. The van der Waals surface area contributed by atoms with Crippen molar-refractivity contribution < 1.29 is 13.9 Å². The summed E-state index contributed by atoms with van der Waals surface area (Å²) in [7, 11) is 1.64. The highest BCUT2D eigenvalue weighted by Crippen LogP contribution is 2.29. The maximum atomic E-state index is 12.9. The number of nitrogens with one attached hydrogen (secondary N) is 1. The van der Waals surface area contributed by atoms with Gasteiger partial charge in [-0.1, -0.05) is 18.2 Å². The normalized spacial score (nSPS) is 13.3. The van der Waals surface area contributed by atoms with Gasteiger partial charge in [0.1, 0.15) is 12.4 Å². The summed E-state index contributed by atoms with van der Waals surface area (Å²) in [5.41, 5.74) is 2.10. The Morgan fingerprint density at radius 3 is 2.39 bits per heavy atom. The van der Waals surface area contributed by atoms with Crippen LogP contribution < -0.4 is 14.8 Å². The second kappa shape index (κ2) is 8.18. The molecule has 5 heteroatoms. The third kappa shape index (κ3) is 5.12. The highest BCUT2D eigenvalue weighted by atomic mass is 35.5. The van der Waals surface area contributed by atoms with Crippen molar-refractivity contribution in [2.24, 2.45) is 0 Å². The van der Waals surface area contributed by atoms with Crippen molar-refractivity contribution in [2.45, 2.75) is 32.0 Å². The molecule has 0 saturated heterocycles. The zero-order valence-electron chi connectivity index (χ0n) is 13.0. The first-order chi connectivity index (χ1) is 10.7. The van der Waals surface area contributed by atoms with Gasteiger partial charge in [0.05, 0.1) is 7.11 Å². The SMILES string of the molecule is COc1cc(CNC2CC2)ccc1OCc1ccc(F)cc1.Cl. The zero-order valence-corrected chi connectivity index (χ0v) is 13.9. The van der Waals surface area contributed by atoms with Crippen molar-refractivity contribution in [3.63, 3.8) is 0 Å². The van der Waals surface area contributed by atoms with Crippen molar-refractivity contribution in [3.8, 4) is 11.5 Å². The van der Waals surface area contributed by atoms with E-state index in [2.05, 4.69) is 5.32 Å². The lowest BCUT2D eigenvalue weighted by molar-refractivity contribution is 0.284. The van der Waals surface area contributed by atoms with Gasteiger partial charge in [-0.3, -0.25) is 0 Å². The molecule has 0 bridgehead atoms. The van der Waals surface area contributed by atoms with Gasteiger partial charge in [0, 0.05) is 12.6 Å². The zero-order chi connectivity index (χ0) is 15.4.